The molecule has 0 N–H and O–H groups in total. The van der Waals surface area contributed by atoms with Crippen molar-refractivity contribution in [2.45, 2.75) is 19.3 Å². The van der Waals surface area contributed by atoms with Crippen LogP contribution in [0.5, 0.6) is 0 Å². The maximum atomic E-state index is 11.1. The van der Waals surface area contributed by atoms with Crippen molar-refractivity contribution in [3.63, 3.8) is 0 Å². The van der Waals surface area contributed by atoms with Crippen molar-refractivity contribution in [2.24, 2.45) is 0 Å². The summed E-state index contributed by atoms with van der Waals surface area (Å²) < 4.78 is 0.634. The fraction of sp³-hybridized carbons (Fsp3) is 0.455. The van der Waals surface area contributed by atoms with E-state index < -0.39 is 0 Å². The summed E-state index contributed by atoms with van der Waals surface area (Å²) in [5, 5.41) is 11.5. The molecule has 0 unspecified atom stereocenters. The Kier molecular flexibility index (Phi) is 3.89. The van der Waals surface area contributed by atoms with Gasteiger partial charge in [0.25, 0.3) is 5.69 Å². The summed E-state index contributed by atoms with van der Waals surface area (Å²) >= 11 is 9.37. The van der Waals surface area contributed by atoms with Gasteiger partial charge in [0, 0.05) is 23.6 Å². The van der Waals surface area contributed by atoms with Gasteiger partial charge in [-0.3, -0.25) is 10.1 Å². The van der Waals surface area contributed by atoms with Gasteiger partial charge >= 0.3 is 0 Å². The average Bonchev–Trinajstić information content (AvgIpc) is 2.29. The van der Waals surface area contributed by atoms with Gasteiger partial charge in [0.2, 0.25) is 0 Å². The van der Waals surface area contributed by atoms with Crippen molar-refractivity contribution in [2.75, 3.05) is 18.0 Å². The smallest absolute Gasteiger partial charge is 0.295 e. The minimum absolute atomic E-state index is 0.0753. The molecule has 1 aromatic carbocycles. The highest BCUT2D eigenvalue weighted by atomic mass is 79.9. The van der Waals surface area contributed by atoms with E-state index in [1.807, 2.05) is 4.90 Å². The SMILES string of the molecule is O=[N+]([O-])c1cc(Br)cc(Cl)c1N1CCCCC1. The normalized spacial score (nSPS) is 16.0. The first-order chi connectivity index (χ1) is 8.09. The zero-order valence-corrected chi connectivity index (χ0v) is 11.5. The maximum absolute atomic E-state index is 11.1. The number of piperidine rings is 1. The molecule has 1 saturated heterocycles. The van der Waals surface area contributed by atoms with Gasteiger partial charge in [-0.15, -0.1) is 0 Å². The number of nitro benzene ring substituents is 1. The molecule has 0 aliphatic carbocycles. The average molecular weight is 320 g/mol. The zero-order valence-electron chi connectivity index (χ0n) is 9.16. The Morgan fingerprint density at radius 2 is 1.94 bits per heavy atom. The van der Waals surface area contributed by atoms with Crippen LogP contribution in [0.15, 0.2) is 16.6 Å². The molecule has 2 rings (SSSR count). The summed E-state index contributed by atoms with van der Waals surface area (Å²) in [5.74, 6) is 0. The van der Waals surface area contributed by atoms with Crippen molar-refractivity contribution in [1.29, 1.82) is 0 Å². The third-order valence-corrected chi connectivity index (χ3v) is 3.62. The number of benzene rings is 1. The minimum atomic E-state index is -0.374. The van der Waals surface area contributed by atoms with Crippen LogP contribution in [0.1, 0.15) is 19.3 Å². The highest BCUT2D eigenvalue weighted by Crippen LogP contribution is 2.39. The summed E-state index contributed by atoms with van der Waals surface area (Å²) in [6, 6.07) is 3.22. The number of halogens is 2. The number of rotatable bonds is 2. The highest BCUT2D eigenvalue weighted by Gasteiger charge is 2.24. The van der Waals surface area contributed by atoms with E-state index in [-0.39, 0.29) is 10.6 Å². The standard InChI is InChI=1S/C11H12BrClN2O2/c12-8-6-9(13)11(10(7-8)15(16)17)14-4-2-1-3-5-14/h6-7H,1-5H2. The molecule has 1 fully saturated rings. The fourth-order valence-corrected chi connectivity index (χ4v) is 3.03. The van der Waals surface area contributed by atoms with Crippen LogP contribution in [0, 0.1) is 10.1 Å². The highest BCUT2D eigenvalue weighted by molar-refractivity contribution is 9.10. The first kappa shape index (κ1) is 12.6. The summed E-state index contributed by atoms with van der Waals surface area (Å²) in [6.07, 6.45) is 3.30. The van der Waals surface area contributed by atoms with Gasteiger partial charge in [-0.2, -0.15) is 0 Å². The monoisotopic (exact) mass is 318 g/mol. The number of anilines is 1. The van der Waals surface area contributed by atoms with Gasteiger partial charge in [-0.1, -0.05) is 27.5 Å². The Balaban J connectivity index is 2.46. The Hall–Kier alpha value is -0.810. The van der Waals surface area contributed by atoms with E-state index in [0.717, 1.165) is 25.9 Å². The van der Waals surface area contributed by atoms with Crippen LogP contribution in [0.2, 0.25) is 5.02 Å². The summed E-state index contributed by atoms with van der Waals surface area (Å²) in [5.41, 5.74) is 0.630. The molecule has 1 aliphatic rings. The number of nitrogens with zero attached hydrogens (tertiary/aromatic N) is 2. The van der Waals surface area contributed by atoms with Gasteiger partial charge in [0.05, 0.1) is 9.95 Å². The summed E-state index contributed by atoms with van der Waals surface area (Å²) in [4.78, 5) is 12.7. The van der Waals surface area contributed by atoms with Gasteiger partial charge in [-0.05, 0) is 25.3 Å². The van der Waals surface area contributed by atoms with Crippen molar-refractivity contribution >= 4 is 38.9 Å². The van der Waals surface area contributed by atoms with Gasteiger partial charge in [-0.25, -0.2) is 0 Å². The van der Waals surface area contributed by atoms with Gasteiger partial charge in [0.15, 0.2) is 0 Å². The third kappa shape index (κ3) is 2.72. The lowest BCUT2D eigenvalue weighted by atomic mass is 10.1. The molecule has 1 aliphatic heterocycles. The minimum Gasteiger partial charge on any atom is -0.365 e. The van der Waals surface area contributed by atoms with E-state index in [0.29, 0.717) is 15.2 Å². The molecule has 6 heteroatoms. The second kappa shape index (κ2) is 5.23. The second-order valence-corrected chi connectivity index (χ2v) is 5.38. The van der Waals surface area contributed by atoms with Crippen molar-refractivity contribution in [3.05, 3.63) is 31.7 Å². The van der Waals surface area contributed by atoms with Crippen LogP contribution >= 0.6 is 27.5 Å². The lowest BCUT2D eigenvalue weighted by molar-refractivity contribution is -0.384. The Morgan fingerprint density at radius 3 is 2.53 bits per heavy atom. The third-order valence-electron chi connectivity index (χ3n) is 2.88. The van der Waals surface area contributed by atoms with Crippen LogP contribution in [0.25, 0.3) is 0 Å². The molecule has 0 bridgehead atoms. The van der Waals surface area contributed by atoms with E-state index in [9.17, 15) is 10.1 Å². The zero-order chi connectivity index (χ0) is 12.4. The molecule has 4 nitrogen and oxygen atoms in total. The topological polar surface area (TPSA) is 46.4 Å². The first-order valence-corrected chi connectivity index (χ1v) is 6.65. The molecule has 1 heterocycles. The van der Waals surface area contributed by atoms with Crippen LogP contribution in [0.3, 0.4) is 0 Å². The van der Waals surface area contributed by atoms with E-state index in [2.05, 4.69) is 15.9 Å². The number of hydrogen-bond acceptors (Lipinski definition) is 3. The molecular formula is C11H12BrClN2O2. The molecule has 1 aromatic rings. The molecular weight excluding hydrogens is 307 g/mol. The fourth-order valence-electron chi connectivity index (χ4n) is 2.12. The first-order valence-electron chi connectivity index (χ1n) is 5.48. The van der Waals surface area contributed by atoms with Crippen molar-refractivity contribution in [1.82, 2.24) is 0 Å². The Morgan fingerprint density at radius 1 is 1.29 bits per heavy atom. The Bertz CT molecular complexity index is 447. The molecule has 0 amide bonds. The molecule has 17 heavy (non-hydrogen) atoms. The lowest BCUT2D eigenvalue weighted by Crippen LogP contribution is -2.30. The number of hydrogen-bond donors (Lipinski definition) is 0. The van der Waals surface area contributed by atoms with E-state index in [4.69, 9.17) is 11.6 Å². The van der Waals surface area contributed by atoms with Gasteiger partial charge in [0.1, 0.15) is 5.69 Å². The number of nitro groups is 1. The predicted molar refractivity (Wildman–Crippen MR) is 71.9 cm³/mol. The van der Waals surface area contributed by atoms with E-state index in [1.54, 1.807) is 6.07 Å². The summed E-state index contributed by atoms with van der Waals surface area (Å²) in [6.45, 7) is 1.67. The van der Waals surface area contributed by atoms with Crippen LogP contribution < -0.4 is 4.90 Å². The summed E-state index contributed by atoms with van der Waals surface area (Å²) in [7, 11) is 0. The quantitative estimate of drug-likeness (QED) is 0.611. The molecule has 0 atom stereocenters. The van der Waals surface area contributed by atoms with E-state index >= 15 is 0 Å². The van der Waals surface area contributed by atoms with Gasteiger partial charge < -0.3 is 4.90 Å². The predicted octanol–water partition coefficient (Wildman–Crippen LogP) is 4.00. The molecule has 0 radical (unpaired) electrons. The van der Waals surface area contributed by atoms with Crippen LogP contribution in [-0.2, 0) is 0 Å². The van der Waals surface area contributed by atoms with Crippen molar-refractivity contribution < 1.29 is 4.92 Å². The maximum Gasteiger partial charge on any atom is 0.295 e. The van der Waals surface area contributed by atoms with Crippen LogP contribution in [-0.4, -0.2) is 18.0 Å². The largest absolute Gasteiger partial charge is 0.365 e. The Labute approximate surface area is 113 Å². The van der Waals surface area contributed by atoms with Crippen LogP contribution in [0.4, 0.5) is 11.4 Å². The van der Waals surface area contributed by atoms with Crippen molar-refractivity contribution in [3.8, 4) is 0 Å². The molecule has 0 spiro atoms. The second-order valence-electron chi connectivity index (χ2n) is 4.06. The van der Waals surface area contributed by atoms with E-state index in [1.165, 1.54) is 12.5 Å². The molecule has 92 valence electrons. The molecule has 0 saturated carbocycles. The molecule has 0 aromatic heterocycles. The lowest BCUT2D eigenvalue weighted by Gasteiger charge is -2.29.